The number of aromatic nitrogens is 3. The van der Waals surface area contributed by atoms with E-state index in [1.807, 2.05) is 13.1 Å². The quantitative estimate of drug-likeness (QED) is 0.611. The first-order chi connectivity index (χ1) is 9.10. The molecule has 6 nitrogen and oxygen atoms in total. The Kier molecular flexibility index (Phi) is 3.89. The minimum absolute atomic E-state index is 0.118. The predicted molar refractivity (Wildman–Crippen MR) is 70.9 cm³/mol. The van der Waals surface area contributed by atoms with Crippen molar-refractivity contribution in [2.24, 2.45) is 0 Å². The van der Waals surface area contributed by atoms with Crippen LogP contribution in [-0.2, 0) is 13.0 Å². The van der Waals surface area contributed by atoms with Crippen molar-refractivity contribution in [3.8, 4) is 0 Å². The number of hydrogen-bond donors (Lipinski definition) is 0. The van der Waals surface area contributed by atoms with E-state index in [0.29, 0.717) is 0 Å². The molecule has 1 aromatic heterocycles. The fourth-order valence-corrected chi connectivity index (χ4v) is 1.94. The zero-order chi connectivity index (χ0) is 13.8. The first kappa shape index (κ1) is 13.2. The van der Waals surface area contributed by atoms with Gasteiger partial charge in [0, 0.05) is 24.9 Å². The van der Waals surface area contributed by atoms with Gasteiger partial charge in [0.25, 0.3) is 5.69 Å². The minimum Gasteiger partial charge on any atom is -0.258 e. The summed E-state index contributed by atoms with van der Waals surface area (Å²) < 4.78 is 1.79. The fraction of sp³-hybridized carbons (Fsp3) is 0.385. The number of non-ortho nitro benzene ring substituents is 1. The van der Waals surface area contributed by atoms with Crippen LogP contribution >= 0.6 is 0 Å². The van der Waals surface area contributed by atoms with Crippen molar-refractivity contribution in [1.82, 2.24) is 15.0 Å². The lowest BCUT2D eigenvalue weighted by Gasteiger charge is -2.09. The smallest absolute Gasteiger partial charge is 0.258 e. The van der Waals surface area contributed by atoms with Gasteiger partial charge in [0.15, 0.2) is 0 Å². The molecule has 19 heavy (non-hydrogen) atoms. The lowest BCUT2D eigenvalue weighted by molar-refractivity contribution is -0.384. The highest BCUT2D eigenvalue weighted by molar-refractivity contribution is 5.34. The van der Waals surface area contributed by atoms with Gasteiger partial charge in [-0.05, 0) is 24.8 Å². The van der Waals surface area contributed by atoms with E-state index in [0.717, 1.165) is 24.2 Å². The normalized spacial score (nSPS) is 12.3. The molecule has 100 valence electrons. The van der Waals surface area contributed by atoms with Crippen LogP contribution in [0.4, 0.5) is 5.69 Å². The highest BCUT2D eigenvalue weighted by Gasteiger charge is 2.11. The molecular formula is C13H16N4O2. The number of rotatable bonds is 5. The van der Waals surface area contributed by atoms with Crippen LogP contribution in [0.25, 0.3) is 0 Å². The van der Waals surface area contributed by atoms with E-state index in [1.54, 1.807) is 16.8 Å². The van der Waals surface area contributed by atoms with E-state index >= 15 is 0 Å². The monoisotopic (exact) mass is 260 g/mol. The van der Waals surface area contributed by atoms with Gasteiger partial charge >= 0.3 is 0 Å². The molecule has 2 aromatic rings. The second-order valence-corrected chi connectivity index (χ2v) is 4.52. The van der Waals surface area contributed by atoms with Crippen LogP contribution in [0.2, 0.25) is 0 Å². The van der Waals surface area contributed by atoms with E-state index in [-0.39, 0.29) is 16.5 Å². The van der Waals surface area contributed by atoms with E-state index in [4.69, 9.17) is 0 Å². The maximum Gasteiger partial charge on any atom is 0.269 e. The maximum atomic E-state index is 10.6. The summed E-state index contributed by atoms with van der Waals surface area (Å²) in [6, 6.07) is 6.67. The summed E-state index contributed by atoms with van der Waals surface area (Å²) in [6.07, 6.45) is 2.71. The summed E-state index contributed by atoms with van der Waals surface area (Å²) in [5, 5.41) is 18.7. The number of nitro groups is 1. The van der Waals surface area contributed by atoms with Crippen LogP contribution in [0.15, 0.2) is 30.5 Å². The molecular weight excluding hydrogens is 244 g/mol. The summed E-state index contributed by atoms with van der Waals surface area (Å²) in [6.45, 7) is 4.89. The highest BCUT2D eigenvalue weighted by atomic mass is 16.6. The number of aryl methyl sites for hydroxylation is 1. The number of benzene rings is 1. The van der Waals surface area contributed by atoms with Crippen molar-refractivity contribution >= 4 is 5.69 Å². The van der Waals surface area contributed by atoms with Crippen molar-refractivity contribution in [2.45, 2.75) is 32.7 Å². The van der Waals surface area contributed by atoms with Gasteiger partial charge in [0.1, 0.15) is 0 Å². The van der Waals surface area contributed by atoms with Crippen LogP contribution in [0.1, 0.15) is 31.0 Å². The van der Waals surface area contributed by atoms with E-state index in [9.17, 15) is 10.1 Å². The van der Waals surface area contributed by atoms with Crippen molar-refractivity contribution < 1.29 is 4.92 Å². The van der Waals surface area contributed by atoms with Gasteiger partial charge in [-0.1, -0.05) is 24.3 Å². The molecule has 0 aliphatic heterocycles. The van der Waals surface area contributed by atoms with Crippen LogP contribution in [0.3, 0.4) is 0 Å². The second kappa shape index (κ2) is 5.60. The third-order valence-electron chi connectivity index (χ3n) is 3.10. The third kappa shape index (κ3) is 3.15. The molecule has 0 fully saturated rings. The number of nitro benzene ring substituents is 1. The molecule has 1 unspecified atom stereocenters. The molecule has 1 aromatic carbocycles. The standard InChI is InChI=1S/C13H16N4O2/c1-3-16-9-12(14-15-16)8-10(2)11-4-6-13(7-5-11)17(18)19/h4-7,9-10H,3,8H2,1-2H3. The Labute approximate surface area is 111 Å². The van der Waals surface area contributed by atoms with Crippen LogP contribution in [0, 0.1) is 10.1 Å². The Balaban J connectivity index is 2.06. The Morgan fingerprint density at radius 1 is 1.37 bits per heavy atom. The van der Waals surface area contributed by atoms with Crippen LogP contribution in [-0.4, -0.2) is 19.9 Å². The lowest BCUT2D eigenvalue weighted by Crippen LogP contribution is -1.99. The topological polar surface area (TPSA) is 73.8 Å². The van der Waals surface area contributed by atoms with Gasteiger partial charge < -0.3 is 0 Å². The van der Waals surface area contributed by atoms with Crippen LogP contribution in [0.5, 0.6) is 0 Å². The van der Waals surface area contributed by atoms with E-state index in [2.05, 4.69) is 17.2 Å². The second-order valence-electron chi connectivity index (χ2n) is 4.52. The first-order valence-corrected chi connectivity index (χ1v) is 6.23. The maximum absolute atomic E-state index is 10.6. The fourth-order valence-electron chi connectivity index (χ4n) is 1.94. The van der Waals surface area contributed by atoms with Crippen molar-refractivity contribution in [2.75, 3.05) is 0 Å². The molecule has 0 saturated carbocycles. The first-order valence-electron chi connectivity index (χ1n) is 6.23. The summed E-state index contributed by atoms with van der Waals surface area (Å²) >= 11 is 0. The summed E-state index contributed by atoms with van der Waals surface area (Å²) in [7, 11) is 0. The van der Waals surface area contributed by atoms with Gasteiger partial charge in [-0.25, -0.2) is 0 Å². The van der Waals surface area contributed by atoms with Gasteiger partial charge in [-0.3, -0.25) is 14.8 Å². The lowest BCUT2D eigenvalue weighted by atomic mass is 9.96. The molecule has 0 aliphatic rings. The Bertz CT molecular complexity index is 562. The minimum atomic E-state index is -0.388. The molecule has 2 rings (SSSR count). The van der Waals surface area contributed by atoms with Crippen molar-refractivity contribution in [3.05, 3.63) is 51.8 Å². The molecule has 0 bridgehead atoms. The Morgan fingerprint density at radius 2 is 2.05 bits per heavy atom. The molecule has 0 saturated heterocycles. The molecule has 0 N–H and O–H groups in total. The summed E-state index contributed by atoms with van der Waals surface area (Å²) in [5.41, 5.74) is 2.12. The zero-order valence-corrected chi connectivity index (χ0v) is 11.0. The zero-order valence-electron chi connectivity index (χ0n) is 11.0. The molecule has 6 heteroatoms. The summed E-state index contributed by atoms with van der Waals surface area (Å²) in [4.78, 5) is 10.2. The molecule has 0 spiro atoms. The average Bonchev–Trinajstić information content (AvgIpc) is 2.86. The Morgan fingerprint density at radius 3 is 2.58 bits per heavy atom. The average molecular weight is 260 g/mol. The Hall–Kier alpha value is -2.24. The van der Waals surface area contributed by atoms with E-state index < -0.39 is 0 Å². The van der Waals surface area contributed by atoms with Gasteiger partial charge in [-0.2, -0.15) is 0 Å². The molecule has 0 amide bonds. The largest absolute Gasteiger partial charge is 0.269 e. The number of hydrogen-bond acceptors (Lipinski definition) is 4. The summed E-state index contributed by atoms with van der Waals surface area (Å²) in [5.74, 6) is 0.253. The molecule has 0 aliphatic carbocycles. The predicted octanol–water partition coefficient (Wildman–Crippen LogP) is 2.55. The van der Waals surface area contributed by atoms with Gasteiger partial charge in [0.05, 0.1) is 10.6 Å². The molecule has 1 heterocycles. The number of nitrogens with zero attached hydrogens (tertiary/aromatic N) is 4. The highest BCUT2D eigenvalue weighted by Crippen LogP contribution is 2.22. The van der Waals surface area contributed by atoms with Gasteiger partial charge in [-0.15, -0.1) is 5.10 Å². The van der Waals surface area contributed by atoms with Crippen molar-refractivity contribution in [1.29, 1.82) is 0 Å². The molecule has 0 radical (unpaired) electrons. The third-order valence-corrected chi connectivity index (χ3v) is 3.10. The molecule has 1 atom stereocenters. The van der Waals surface area contributed by atoms with Crippen molar-refractivity contribution in [3.63, 3.8) is 0 Å². The van der Waals surface area contributed by atoms with E-state index in [1.165, 1.54) is 12.1 Å². The van der Waals surface area contributed by atoms with Crippen LogP contribution < -0.4 is 0 Å². The van der Waals surface area contributed by atoms with Gasteiger partial charge in [0.2, 0.25) is 0 Å². The SMILES string of the molecule is CCn1cc(CC(C)c2ccc([N+](=O)[O-])cc2)nn1.